The number of pyridine rings is 2. The minimum atomic E-state index is 0.0466. The molecule has 3 aromatic rings. The van der Waals surface area contributed by atoms with Gasteiger partial charge in [0.25, 0.3) is 5.91 Å². The van der Waals surface area contributed by atoms with Gasteiger partial charge in [0, 0.05) is 50.0 Å². The Kier molecular flexibility index (Phi) is 5.81. The second-order valence-electron chi connectivity index (χ2n) is 7.23. The van der Waals surface area contributed by atoms with E-state index in [0.717, 1.165) is 49.6 Å². The largest absolute Gasteiger partial charge is 0.506 e. The van der Waals surface area contributed by atoms with Crippen molar-refractivity contribution in [1.82, 2.24) is 19.8 Å². The van der Waals surface area contributed by atoms with Gasteiger partial charge in [0.1, 0.15) is 5.75 Å². The Morgan fingerprint density at radius 3 is 2.69 bits per heavy atom. The Morgan fingerprint density at radius 1 is 0.966 bits per heavy atom. The first kappa shape index (κ1) is 19.1. The molecule has 0 saturated carbocycles. The summed E-state index contributed by atoms with van der Waals surface area (Å²) in [6.07, 6.45) is 4.17. The molecule has 0 bridgehead atoms. The van der Waals surface area contributed by atoms with Crippen molar-refractivity contribution < 1.29 is 9.90 Å². The molecule has 1 aliphatic rings. The van der Waals surface area contributed by atoms with E-state index in [1.165, 1.54) is 6.20 Å². The van der Waals surface area contributed by atoms with Crippen LogP contribution in [0.3, 0.4) is 0 Å². The van der Waals surface area contributed by atoms with Gasteiger partial charge in [0.15, 0.2) is 0 Å². The fourth-order valence-corrected chi connectivity index (χ4v) is 3.60. The molecule has 0 unspecified atom stereocenters. The molecule has 1 fully saturated rings. The maximum Gasteiger partial charge on any atom is 0.253 e. The zero-order valence-electron chi connectivity index (χ0n) is 16.2. The minimum Gasteiger partial charge on any atom is -0.506 e. The summed E-state index contributed by atoms with van der Waals surface area (Å²) >= 11 is 0. The van der Waals surface area contributed by atoms with Gasteiger partial charge >= 0.3 is 0 Å². The average Bonchev–Trinajstić information content (AvgIpc) is 3.00. The third-order valence-corrected chi connectivity index (χ3v) is 5.14. The highest BCUT2D eigenvalue weighted by atomic mass is 16.3. The number of nitrogens with zero attached hydrogens (tertiary/aromatic N) is 4. The second-order valence-corrected chi connectivity index (χ2v) is 7.23. The molecule has 3 heterocycles. The molecular weight excluding hydrogens is 364 g/mol. The Morgan fingerprint density at radius 2 is 1.90 bits per heavy atom. The number of amides is 1. The first-order valence-electron chi connectivity index (χ1n) is 9.86. The Hall–Kier alpha value is -3.25. The number of aromatic hydroxyl groups is 1. The molecule has 6 nitrogen and oxygen atoms in total. The van der Waals surface area contributed by atoms with E-state index in [9.17, 15) is 9.90 Å². The van der Waals surface area contributed by atoms with E-state index in [0.29, 0.717) is 12.1 Å². The topological polar surface area (TPSA) is 69.6 Å². The minimum absolute atomic E-state index is 0.0466. The van der Waals surface area contributed by atoms with Crippen molar-refractivity contribution in [3.05, 3.63) is 78.2 Å². The molecule has 0 radical (unpaired) electrons. The van der Waals surface area contributed by atoms with E-state index in [1.807, 2.05) is 53.6 Å². The molecule has 1 saturated heterocycles. The Bertz CT molecular complexity index is 960. The van der Waals surface area contributed by atoms with Crippen LogP contribution < -0.4 is 0 Å². The normalized spacial score (nSPS) is 15.1. The Balaban J connectivity index is 1.43. The SMILES string of the molecule is O=C(c1cccc(-c2ccc(O)cn2)c1)N1CCCN(Cc2ccccn2)CC1. The highest BCUT2D eigenvalue weighted by Gasteiger charge is 2.21. The zero-order chi connectivity index (χ0) is 20.1. The first-order valence-corrected chi connectivity index (χ1v) is 9.86. The number of carbonyl (C=O) groups is 1. The molecule has 1 amide bonds. The lowest BCUT2D eigenvalue weighted by molar-refractivity contribution is 0.0761. The van der Waals surface area contributed by atoms with Crippen LogP contribution >= 0.6 is 0 Å². The number of hydrogen-bond donors (Lipinski definition) is 1. The summed E-state index contributed by atoms with van der Waals surface area (Å²) in [5.41, 5.74) is 3.31. The van der Waals surface area contributed by atoms with Crippen LogP contribution in [0.25, 0.3) is 11.3 Å². The van der Waals surface area contributed by atoms with Crippen LogP contribution in [0, 0.1) is 0 Å². The fourth-order valence-electron chi connectivity index (χ4n) is 3.60. The molecule has 1 aliphatic heterocycles. The molecule has 1 aromatic carbocycles. The quantitative estimate of drug-likeness (QED) is 0.743. The van der Waals surface area contributed by atoms with Gasteiger partial charge < -0.3 is 10.0 Å². The van der Waals surface area contributed by atoms with Crippen LogP contribution in [-0.4, -0.2) is 57.0 Å². The summed E-state index contributed by atoms with van der Waals surface area (Å²) in [5.74, 6) is 0.172. The van der Waals surface area contributed by atoms with Gasteiger partial charge in [-0.1, -0.05) is 18.2 Å². The van der Waals surface area contributed by atoms with Gasteiger partial charge in [-0.05, 0) is 42.8 Å². The van der Waals surface area contributed by atoms with Gasteiger partial charge in [-0.25, -0.2) is 0 Å². The molecule has 0 atom stereocenters. The van der Waals surface area contributed by atoms with Gasteiger partial charge in [-0.2, -0.15) is 0 Å². The predicted octanol–water partition coefficient (Wildman–Crippen LogP) is 3.20. The van der Waals surface area contributed by atoms with Crippen molar-refractivity contribution in [3.63, 3.8) is 0 Å². The van der Waals surface area contributed by atoms with E-state index < -0.39 is 0 Å². The summed E-state index contributed by atoms with van der Waals surface area (Å²) in [5, 5.41) is 9.43. The van der Waals surface area contributed by atoms with Gasteiger partial charge in [0.05, 0.1) is 17.6 Å². The Labute approximate surface area is 170 Å². The lowest BCUT2D eigenvalue weighted by atomic mass is 10.1. The van der Waals surface area contributed by atoms with Crippen LogP contribution in [-0.2, 0) is 6.54 Å². The molecule has 29 heavy (non-hydrogen) atoms. The van der Waals surface area contributed by atoms with Crippen molar-refractivity contribution in [3.8, 4) is 17.0 Å². The van der Waals surface area contributed by atoms with Crippen molar-refractivity contribution in [2.24, 2.45) is 0 Å². The van der Waals surface area contributed by atoms with E-state index in [1.54, 1.807) is 12.1 Å². The van der Waals surface area contributed by atoms with E-state index in [2.05, 4.69) is 14.9 Å². The number of carbonyl (C=O) groups excluding carboxylic acids is 1. The third-order valence-electron chi connectivity index (χ3n) is 5.14. The summed E-state index contributed by atoms with van der Waals surface area (Å²) in [6.45, 7) is 4.05. The van der Waals surface area contributed by atoms with E-state index in [4.69, 9.17) is 0 Å². The van der Waals surface area contributed by atoms with E-state index in [-0.39, 0.29) is 11.7 Å². The summed E-state index contributed by atoms with van der Waals surface area (Å²) in [7, 11) is 0. The maximum absolute atomic E-state index is 13.1. The van der Waals surface area contributed by atoms with Crippen molar-refractivity contribution in [2.75, 3.05) is 26.2 Å². The molecule has 6 heteroatoms. The third kappa shape index (κ3) is 4.78. The summed E-state index contributed by atoms with van der Waals surface area (Å²) in [4.78, 5) is 26.0. The zero-order valence-corrected chi connectivity index (χ0v) is 16.2. The molecule has 0 spiro atoms. The van der Waals surface area contributed by atoms with Crippen molar-refractivity contribution in [2.45, 2.75) is 13.0 Å². The first-order chi connectivity index (χ1) is 14.2. The van der Waals surface area contributed by atoms with Crippen LogP contribution in [0.4, 0.5) is 0 Å². The number of hydrogen-bond acceptors (Lipinski definition) is 5. The highest BCUT2D eigenvalue weighted by Crippen LogP contribution is 2.21. The van der Waals surface area contributed by atoms with Gasteiger partial charge in [-0.3, -0.25) is 19.7 Å². The van der Waals surface area contributed by atoms with Crippen molar-refractivity contribution >= 4 is 5.91 Å². The lowest BCUT2D eigenvalue weighted by Crippen LogP contribution is -2.35. The average molecular weight is 388 g/mol. The molecule has 148 valence electrons. The number of aromatic nitrogens is 2. The molecule has 0 aliphatic carbocycles. The van der Waals surface area contributed by atoms with Gasteiger partial charge in [0.2, 0.25) is 0 Å². The smallest absolute Gasteiger partial charge is 0.253 e. The standard InChI is InChI=1S/C23H24N4O2/c28-21-8-9-22(25-16-21)18-5-3-6-19(15-18)23(29)27-12-4-11-26(13-14-27)17-20-7-1-2-10-24-20/h1-3,5-10,15-16,28H,4,11-14,17H2. The number of rotatable bonds is 4. The van der Waals surface area contributed by atoms with Crippen LogP contribution in [0.5, 0.6) is 5.75 Å². The van der Waals surface area contributed by atoms with Crippen LogP contribution in [0.2, 0.25) is 0 Å². The second kappa shape index (κ2) is 8.84. The highest BCUT2D eigenvalue weighted by molar-refractivity contribution is 5.95. The lowest BCUT2D eigenvalue weighted by Gasteiger charge is -2.22. The van der Waals surface area contributed by atoms with Crippen molar-refractivity contribution in [1.29, 1.82) is 0 Å². The summed E-state index contributed by atoms with van der Waals surface area (Å²) < 4.78 is 0. The summed E-state index contributed by atoms with van der Waals surface area (Å²) in [6, 6.07) is 16.8. The fraction of sp³-hybridized carbons (Fsp3) is 0.261. The molecule has 4 rings (SSSR count). The van der Waals surface area contributed by atoms with Crippen LogP contribution in [0.1, 0.15) is 22.5 Å². The van der Waals surface area contributed by atoms with Crippen LogP contribution in [0.15, 0.2) is 67.0 Å². The monoisotopic (exact) mass is 388 g/mol. The molecule has 2 aromatic heterocycles. The van der Waals surface area contributed by atoms with E-state index >= 15 is 0 Å². The maximum atomic E-state index is 13.1. The molecule has 1 N–H and O–H groups in total. The van der Waals surface area contributed by atoms with Gasteiger partial charge in [-0.15, -0.1) is 0 Å². The molecular formula is C23H24N4O2. The predicted molar refractivity (Wildman–Crippen MR) is 111 cm³/mol. The number of benzene rings is 1.